The molecular formula is C63H106O6. The maximum absolute atomic E-state index is 12.8. The van der Waals surface area contributed by atoms with Gasteiger partial charge in [-0.2, -0.15) is 0 Å². The number of carbonyl (C=O) groups excluding carboxylic acids is 3. The molecule has 0 fully saturated rings. The lowest BCUT2D eigenvalue weighted by Gasteiger charge is -2.18. The van der Waals surface area contributed by atoms with E-state index in [1.54, 1.807) is 0 Å². The molecule has 0 saturated heterocycles. The van der Waals surface area contributed by atoms with Crippen LogP contribution in [0.5, 0.6) is 0 Å². The summed E-state index contributed by atoms with van der Waals surface area (Å²) < 4.78 is 16.8. The highest BCUT2D eigenvalue weighted by Gasteiger charge is 2.19. The molecule has 0 bridgehead atoms. The molecule has 394 valence electrons. The molecular weight excluding hydrogens is 853 g/mol. The largest absolute Gasteiger partial charge is 0.462 e. The van der Waals surface area contributed by atoms with E-state index in [2.05, 4.69) is 118 Å². The van der Waals surface area contributed by atoms with E-state index in [1.807, 2.05) is 0 Å². The smallest absolute Gasteiger partial charge is 0.306 e. The van der Waals surface area contributed by atoms with Crippen molar-refractivity contribution in [1.82, 2.24) is 0 Å². The fourth-order valence-corrected chi connectivity index (χ4v) is 7.78. The van der Waals surface area contributed by atoms with E-state index in [9.17, 15) is 14.4 Å². The fraction of sp³-hybridized carbons (Fsp3) is 0.698. The van der Waals surface area contributed by atoms with Crippen LogP contribution < -0.4 is 0 Å². The summed E-state index contributed by atoms with van der Waals surface area (Å²) in [6, 6.07) is 0. The molecule has 0 N–H and O–H groups in total. The summed E-state index contributed by atoms with van der Waals surface area (Å²) >= 11 is 0. The SMILES string of the molecule is CC/C=C\C/C=C\C/C=C\C/C=C\C/C=C\C/C=C\CCCCCCCCCCC(=O)OCC(COC(=O)CCCCCCCCCCCCC)OC(=O)CCCCCCC/C=C\C/C=C\CCC. The molecule has 69 heavy (non-hydrogen) atoms. The third kappa shape index (κ3) is 55.1. The van der Waals surface area contributed by atoms with Crippen molar-refractivity contribution in [2.24, 2.45) is 0 Å². The van der Waals surface area contributed by atoms with Crippen LogP contribution in [-0.4, -0.2) is 37.2 Å². The summed E-state index contributed by atoms with van der Waals surface area (Å²) in [6.07, 6.45) is 75.4. The van der Waals surface area contributed by atoms with Crippen LogP contribution in [0.15, 0.2) is 97.2 Å². The highest BCUT2D eigenvalue weighted by atomic mass is 16.6. The minimum Gasteiger partial charge on any atom is -0.462 e. The predicted molar refractivity (Wildman–Crippen MR) is 297 cm³/mol. The Morgan fingerprint density at radius 2 is 0.594 bits per heavy atom. The van der Waals surface area contributed by atoms with Crippen LogP contribution in [0.1, 0.15) is 265 Å². The molecule has 0 aliphatic rings. The van der Waals surface area contributed by atoms with Gasteiger partial charge in [0, 0.05) is 19.3 Å². The first-order valence-electron chi connectivity index (χ1n) is 28.7. The van der Waals surface area contributed by atoms with Gasteiger partial charge in [-0.15, -0.1) is 0 Å². The maximum atomic E-state index is 12.8. The average Bonchev–Trinajstić information content (AvgIpc) is 3.35. The molecule has 0 radical (unpaired) electrons. The van der Waals surface area contributed by atoms with Crippen molar-refractivity contribution in [3.8, 4) is 0 Å². The molecule has 6 heteroatoms. The number of esters is 3. The van der Waals surface area contributed by atoms with Gasteiger partial charge in [0.15, 0.2) is 6.10 Å². The van der Waals surface area contributed by atoms with E-state index < -0.39 is 6.10 Å². The monoisotopic (exact) mass is 959 g/mol. The van der Waals surface area contributed by atoms with Crippen LogP contribution in [0.3, 0.4) is 0 Å². The third-order valence-corrected chi connectivity index (χ3v) is 12.1. The van der Waals surface area contributed by atoms with E-state index in [0.29, 0.717) is 19.3 Å². The first kappa shape index (κ1) is 65.3. The van der Waals surface area contributed by atoms with E-state index in [0.717, 1.165) is 135 Å². The van der Waals surface area contributed by atoms with Crippen molar-refractivity contribution in [2.45, 2.75) is 271 Å². The zero-order valence-corrected chi connectivity index (χ0v) is 45.0. The second-order valence-corrected chi connectivity index (χ2v) is 18.8. The van der Waals surface area contributed by atoms with Gasteiger partial charge in [0.1, 0.15) is 13.2 Å². The van der Waals surface area contributed by atoms with Crippen LogP contribution in [0.25, 0.3) is 0 Å². The van der Waals surface area contributed by atoms with Crippen molar-refractivity contribution in [2.75, 3.05) is 13.2 Å². The molecule has 0 aromatic rings. The molecule has 6 nitrogen and oxygen atoms in total. The van der Waals surface area contributed by atoms with Crippen LogP contribution >= 0.6 is 0 Å². The van der Waals surface area contributed by atoms with Crippen LogP contribution in [-0.2, 0) is 28.6 Å². The molecule has 1 unspecified atom stereocenters. The highest BCUT2D eigenvalue weighted by Crippen LogP contribution is 2.15. The van der Waals surface area contributed by atoms with Gasteiger partial charge in [0.2, 0.25) is 0 Å². The molecule has 0 aliphatic carbocycles. The summed E-state index contributed by atoms with van der Waals surface area (Å²) in [5.74, 6) is -0.906. The topological polar surface area (TPSA) is 78.9 Å². The third-order valence-electron chi connectivity index (χ3n) is 12.1. The lowest BCUT2D eigenvalue weighted by molar-refractivity contribution is -0.167. The summed E-state index contributed by atoms with van der Waals surface area (Å²) in [4.78, 5) is 38.1. The van der Waals surface area contributed by atoms with Crippen molar-refractivity contribution < 1.29 is 28.6 Å². The normalized spacial score (nSPS) is 12.8. The molecule has 0 spiro atoms. The summed E-state index contributed by atoms with van der Waals surface area (Å²) in [7, 11) is 0. The average molecular weight is 960 g/mol. The van der Waals surface area contributed by atoms with Crippen LogP contribution in [0.2, 0.25) is 0 Å². The fourth-order valence-electron chi connectivity index (χ4n) is 7.78. The minimum absolute atomic E-state index is 0.0841. The van der Waals surface area contributed by atoms with Gasteiger partial charge < -0.3 is 14.2 Å². The zero-order valence-electron chi connectivity index (χ0n) is 45.0. The van der Waals surface area contributed by atoms with Gasteiger partial charge in [0.05, 0.1) is 0 Å². The minimum atomic E-state index is -0.786. The molecule has 0 aromatic carbocycles. The lowest BCUT2D eigenvalue weighted by atomic mass is 10.1. The van der Waals surface area contributed by atoms with Crippen LogP contribution in [0, 0.1) is 0 Å². The van der Waals surface area contributed by atoms with Gasteiger partial charge in [0.25, 0.3) is 0 Å². The van der Waals surface area contributed by atoms with Crippen molar-refractivity contribution >= 4 is 17.9 Å². The Morgan fingerprint density at radius 3 is 0.942 bits per heavy atom. The van der Waals surface area contributed by atoms with E-state index >= 15 is 0 Å². The summed E-state index contributed by atoms with van der Waals surface area (Å²) in [5, 5.41) is 0. The number of hydrogen-bond acceptors (Lipinski definition) is 6. The van der Waals surface area contributed by atoms with Gasteiger partial charge in [-0.05, 0) is 96.3 Å². The van der Waals surface area contributed by atoms with E-state index in [4.69, 9.17) is 14.2 Å². The second kappa shape index (κ2) is 56.9. The molecule has 0 aliphatic heterocycles. The van der Waals surface area contributed by atoms with E-state index in [-0.39, 0.29) is 31.1 Å². The number of allylic oxidation sites excluding steroid dienone is 16. The summed E-state index contributed by atoms with van der Waals surface area (Å²) in [5.41, 5.74) is 0. The van der Waals surface area contributed by atoms with Crippen LogP contribution in [0.4, 0.5) is 0 Å². The van der Waals surface area contributed by atoms with Crippen molar-refractivity contribution in [3.05, 3.63) is 97.2 Å². The van der Waals surface area contributed by atoms with Gasteiger partial charge in [-0.3, -0.25) is 14.4 Å². The number of ether oxygens (including phenoxy) is 3. The quantitative estimate of drug-likeness (QED) is 0.0262. The molecule has 0 aromatic heterocycles. The predicted octanol–water partition coefficient (Wildman–Crippen LogP) is 19.3. The number of carbonyl (C=O) groups is 3. The standard InChI is InChI=1S/C63H106O6/c1-4-7-10-13-16-19-22-24-25-26-27-28-29-30-31-32-33-34-35-36-37-39-41-44-47-50-53-56-62(65)68-59-60(58-67-61(64)55-52-49-46-43-40-21-18-15-12-9-6-3)69-63(66)57-54-51-48-45-42-38-23-20-17-14-11-8-5-2/h7,10-11,14,16,19-20,23-25,27-28,30-31,33-34,60H,4-6,8-9,12-13,15,17-18,21-22,26,29,32,35-59H2,1-3H3/b10-7-,14-11-,19-16-,23-20-,25-24-,28-27-,31-30-,34-33-. The Morgan fingerprint density at radius 1 is 0.304 bits per heavy atom. The maximum Gasteiger partial charge on any atom is 0.306 e. The molecule has 1 atom stereocenters. The number of rotatable bonds is 51. The Kier molecular flexibility index (Phi) is 53.9. The Hall–Kier alpha value is -3.67. The highest BCUT2D eigenvalue weighted by molar-refractivity contribution is 5.71. The van der Waals surface area contributed by atoms with E-state index in [1.165, 1.54) is 89.9 Å². The van der Waals surface area contributed by atoms with Crippen molar-refractivity contribution in [3.63, 3.8) is 0 Å². The second-order valence-electron chi connectivity index (χ2n) is 18.8. The Labute approximate surface area is 426 Å². The Balaban J connectivity index is 4.27. The van der Waals surface area contributed by atoms with Gasteiger partial charge >= 0.3 is 17.9 Å². The molecule has 0 rings (SSSR count). The molecule has 0 amide bonds. The lowest BCUT2D eigenvalue weighted by Crippen LogP contribution is -2.30. The van der Waals surface area contributed by atoms with Crippen molar-refractivity contribution in [1.29, 1.82) is 0 Å². The number of hydrogen-bond donors (Lipinski definition) is 0. The zero-order chi connectivity index (χ0) is 50.0. The van der Waals surface area contributed by atoms with Gasteiger partial charge in [-0.1, -0.05) is 246 Å². The first-order valence-corrected chi connectivity index (χ1v) is 28.7. The Bertz CT molecular complexity index is 1380. The molecule has 0 saturated carbocycles. The first-order chi connectivity index (χ1) is 34.0. The molecule has 0 heterocycles. The van der Waals surface area contributed by atoms with Gasteiger partial charge in [-0.25, -0.2) is 0 Å². The summed E-state index contributed by atoms with van der Waals surface area (Å²) in [6.45, 7) is 6.44. The number of unbranched alkanes of at least 4 members (excludes halogenated alkanes) is 24.